The van der Waals surface area contributed by atoms with Gasteiger partial charge in [0.2, 0.25) is 0 Å². The maximum Gasteiger partial charge on any atom is 0.175 e. The van der Waals surface area contributed by atoms with Crippen molar-refractivity contribution in [2.75, 3.05) is 16.0 Å². The molecule has 0 radical (unpaired) electrons. The molecule has 0 amide bonds. The first kappa shape index (κ1) is 17.0. The second kappa shape index (κ2) is 7.81. The molecule has 0 unspecified atom stereocenters. The van der Waals surface area contributed by atoms with Crippen LogP contribution >= 0.6 is 12.2 Å². The third-order valence-electron chi connectivity index (χ3n) is 3.97. The zero-order valence-electron chi connectivity index (χ0n) is 14.3. The Morgan fingerprint density at radius 2 is 1.20 bits per heavy atom. The van der Waals surface area contributed by atoms with Crippen LogP contribution in [0.1, 0.15) is 11.1 Å². The van der Waals surface area contributed by atoms with Gasteiger partial charge in [0, 0.05) is 22.7 Å². The van der Waals surface area contributed by atoms with Gasteiger partial charge in [-0.3, -0.25) is 0 Å². The van der Waals surface area contributed by atoms with E-state index in [0.717, 1.165) is 22.7 Å². The first-order valence-electron chi connectivity index (χ1n) is 8.17. The molecule has 126 valence electrons. The van der Waals surface area contributed by atoms with E-state index in [4.69, 9.17) is 12.2 Å². The smallest absolute Gasteiger partial charge is 0.175 e. The van der Waals surface area contributed by atoms with E-state index in [1.807, 2.05) is 60.7 Å². The lowest BCUT2D eigenvalue weighted by molar-refractivity contribution is 1.34. The summed E-state index contributed by atoms with van der Waals surface area (Å²) in [5.74, 6) is 0. The lowest BCUT2D eigenvalue weighted by atomic mass is 10.1. The number of thiocarbonyl (C=S) groups is 1. The van der Waals surface area contributed by atoms with E-state index >= 15 is 0 Å². The molecular formula is C21H21N3S. The fourth-order valence-electron chi connectivity index (χ4n) is 2.44. The molecule has 0 fully saturated rings. The van der Waals surface area contributed by atoms with E-state index in [-0.39, 0.29) is 0 Å². The van der Waals surface area contributed by atoms with E-state index in [1.54, 1.807) is 0 Å². The van der Waals surface area contributed by atoms with Crippen molar-refractivity contribution in [3.05, 3.63) is 83.9 Å². The lowest BCUT2D eigenvalue weighted by Gasteiger charge is -2.12. The summed E-state index contributed by atoms with van der Waals surface area (Å²) < 4.78 is 0. The van der Waals surface area contributed by atoms with Crippen molar-refractivity contribution in [2.24, 2.45) is 0 Å². The summed E-state index contributed by atoms with van der Waals surface area (Å²) in [7, 11) is 0. The van der Waals surface area contributed by atoms with Crippen molar-refractivity contribution in [1.82, 2.24) is 0 Å². The quantitative estimate of drug-likeness (QED) is 0.517. The summed E-state index contributed by atoms with van der Waals surface area (Å²) in [6.45, 7) is 4.19. The predicted octanol–water partition coefficient (Wildman–Crippen LogP) is 5.86. The summed E-state index contributed by atoms with van der Waals surface area (Å²) >= 11 is 5.39. The van der Waals surface area contributed by atoms with Gasteiger partial charge in [0.25, 0.3) is 0 Å². The van der Waals surface area contributed by atoms with Crippen LogP contribution in [0, 0.1) is 13.8 Å². The second-order valence-corrected chi connectivity index (χ2v) is 6.35. The van der Waals surface area contributed by atoms with Gasteiger partial charge in [-0.15, -0.1) is 0 Å². The van der Waals surface area contributed by atoms with Gasteiger partial charge in [0.15, 0.2) is 5.11 Å². The monoisotopic (exact) mass is 347 g/mol. The highest BCUT2D eigenvalue weighted by atomic mass is 32.1. The maximum absolute atomic E-state index is 5.39. The predicted molar refractivity (Wildman–Crippen MR) is 112 cm³/mol. The minimum absolute atomic E-state index is 0.576. The molecule has 3 nitrogen and oxygen atoms in total. The van der Waals surface area contributed by atoms with Gasteiger partial charge in [-0.2, -0.15) is 0 Å². The summed E-state index contributed by atoms with van der Waals surface area (Å²) in [5, 5.41) is 10.4. The van der Waals surface area contributed by atoms with Crippen LogP contribution in [0.3, 0.4) is 0 Å². The summed E-state index contributed by atoms with van der Waals surface area (Å²) in [4.78, 5) is 0. The largest absolute Gasteiger partial charge is 0.356 e. The van der Waals surface area contributed by atoms with Gasteiger partial charge >= 0.3 is 0 Å². The Bertz CT molecular complexity index is 858. The molecule has 0 spiro atoms. The number of hydrogen-bond donors (Lipinski definition) is 3. The summed E-state index contributed by atoms with van der Waals surface area (Å²) in [5.41, 5.74) is 6.54. The number of rotatable bonds is 4. The van der Waals surface area contributed by atoms with Crippen LogP contribution in [0.2, 0.25) is 0 Å². The van der Waals surface area contributed by atoms with Crippen molar-refractivity contribution in [2.45, 2.75) is 13.8 Å². The van der Waals surface area contributed by atoms with E-state index in [2.05, 4.69) is 41.9 Å². The van der Waals surface area contributed by atoms with Gasteiger partial charge in [-0.1, -0.05) is 24.3 Å². The first-order valence-corrected chi connectivity index (χ1v) is 8.58. The molecule has 0 saturated heterocycles. The van der Waals surface area contributed by atoms with Crippen LogP contribution in [-0.4, -0.2) is 5.11 Å². The molecule has 0 aliphatic carbocycles. The molecule has 3 aromatic carbocycles. The molecule has 0 atom stereocenters. The molecule has 0 bridgehead atoms. The number of anilines is 4. The third kappa shape index (κ3) is 4.81. The normalized spacial score (nSPS) is 10.2. The van der Waals surface area contributed by atoms with E-state index in [9.17, 15) is 0 Å². The van der Waals surface area contributed by atoms with Gasteiger partial charge in [0.05, 0.1) is 0 Å². The molecule has 0 aliphatic heterocycles. The number of benzene rings is 3. The van der Waals surface area contributed by atoms with Crippen molar-refractivity contribution < 1.29 is 0 Å². The Balaban J connectivity index is 1.59. The summed E-state index contributed by atoms with van der Waals surface area (Å²) in [6, 6.07) is 24.3. The summed E-state index contributed by atoms with van der Waals surface area (Å²) in [6.07, 6.45) is 0. The van der Waals surface area contributed by atoms with Gasteiger partial charge < -0.3 is 16.0 Å². The van der Waals surface area contributed by atoms with E-state index < -0.39 is 0 Å². The van der Waals surface area contributed by atoms with Crippen LogP contribution in [0.5, 0.6) is 0 Å². The average molecular weight is 347 g/mol. The number of hydrogen-bond acceptors (Lipinski definition) is 2. The Morgan fingerprint density at radius 3 is 1.88 bits per heavy atom. The third-order valence-corrected chi connectivity index (χ3v) is 4.17. The molecule has 3 aromatic rings. The molecular weight excluding hydrogens is 326 g/mol. The zero-order valence-corrected chi connectivity index (χ0v) is 15.2. The highest BCUT2D eigenvalue weighted by molar-refractivity contribution is 7.80. The van der Waals surface area contributed by atoms with Crippen LogP contribution in [0.25, 0.3) is 0 Å². The number of aryl methyl sites for hydroxylation is 2. The highest BCUT2D eigenvalue weighted by Gasteiger charge is 2.01. The molecule has 0 saturated carbocycles. The fourth-order valence-corrected chi connectivity index (χ4v) is 2.67. The van der Waals surface area contributed by atoms with E-state index in [0.29, 0.717) is 5.11 Å². The fraction of sp³-hybridized carbons (Fsp3) is 0.0952. The zero-order chi connectivity index (χ0) is 17.6. The van der Waals surface area contributed by atoms with Crippen LogP contribution in [0.4, 0.5) is 22.7 Å². The topological polar surface area (TPSA) is 36.1 Å². The second-order valence-electron chi connectivity index (χ2n) is 5.95. The van der Waals surface area contributed by atoms with Crippen molar-refractivity contribution in [3.8, 4) is 0 Å². The van der Waals surface area contributed by atoms with E-state index in [1.165, 1.54) is 11.1 Å². The number of nitrogens with one attached hydrogen (secondary N) is 3. The van der Waals surface area contributed by atoms with Crippen LogP contribution in [0.15, 0.2) is 72.8 Å². The van der Waals surface area contributed by atoms with Crippen LogP contribution in [-0.2, 0) is 0 Å². The molecule has 3 N–H and O–H groups in total. The first-order chi connectivity index (χ1) is 12.1. The Labute approximate surface area is 154 Å². The Morgan fingerprint density at radius 1 is 0.640 bits per heavy atom. The molecule has 4 heteroatoms. The van der Waals surface area contributed by atoms with Gasteiger partial charge in [-0.05, 0) is 85.7 Å². The Kier molecular flexibility index (Phi) is 5.31. The van der Waals surface area contributed by atoms with Crippen molar-refractivity contribution in [1.29, 1.82) is 0 Å². The SMILES string of the molecule is Cc1ccc(NC(=S)Nc2ccc(Nc3ccccc3)cc2)cc1C. The lowest BCUT2D eigenvalue weighted by Crippen LogP contribution is -2.19. The highest BCUT2D eigenvalue weighted by Crippen LogP contribution is 2.19. The average Bonchev–Trinajstić information content (AvgIpc) is 2.61. The molecule has 25 heavy (non-hydrogen) atoms. The molecule has 0 heterocycles. The Hall–Kier alpha value is -2.85. The molecule has 0 aromatic heterocycles. The van der Waals surface area contributed by atoms with Crippen molar-refractivity contribution in [3.63, 3.8) is 0 Å². The van der Waals surface area contributed by atoms with Gasteiger partial charge in [-0.25, -0.2) is 0 Å². The minimum atomic E-state index is 0.576. The number of para-hydroxylation sites is 1. The molecule has 3 rings (SSSR count). The maximum atomic E-state index is 5.39. The minimum Gasteiger partial charge on any atom is -0.356 e. The standard InChI is InChI=1S/C21H21N3S/c1-15-8-9-20(14-16(15)2)24-21(25)23-19-12-10-18(11-13-19)22-17-6-4-3-5-7-17/h3-14,22H,1-2H3,(H2,23,24,25). The molecule has 0 aliphatic rings. The van der Waals surface area contributed by atoms with Crippen molar-refractivity contribution >= 4 is 40.1 Å². The van der Waals surface area contributed by atoms with Gasteiger partial charge in [0.1, 0.15) is 0 Å². The van der Waals surface area contributed by atoms with Crippen LogP contribution < -0.4 is 16.0 Å².